The summed E-state index contributed by atoms with van der Waals surface area (Å²) in [5.74, 6) is 0.477. The number of rotatable bonds is 4. The first-order valence-electron chi connectivity index (χ1n) is 6.32. The van der Waals surface area contributed by atoms with Crippen LogP contribution in [0.2, 0.25) is 0 Å². The fourth-order valence-electron chi connectivity index (χ4n) is 2.65. The minimum atomic E-state index is 0.217. The van der Waals surface area contributed by atoms with Crippen molar-refractivity contribution in [3.05, 3.63) is 47.5 Å². The Hall–Kier alpha value is -1.08. The van der Waals surface area contributed by atoms with Crippen molar-refractivity contribution in [2.75, 3.05) is 0 Å². The first-order chi connectivity index (χ1) is 7.83. The molecular formula is C15H21N. The Kier molecular flexibility index (Phi) is 3.79. The van der Waals surface area contributed by atoms with Crippen LogP contribution in [0.5, 0.6) is 0 Å². The third-order valence-corrected chi connectivity index (χ3v) is 3.61. The molecule has 0 aliphatic heterocycles. The van der Waals surface area contributed by atoms with Crippen LogP contribution < -0.4 is 5.73 Å². The van der Waals surface area contributed by atoms with Crippen molar-refractivity contribution in [3.63, 3.8) is 0 Å². The Morgan fingerprint density at radius 1 is 1.25 bits per heavy atom. The molecule has 1 aliphatic rings. The Labute approximate surface area is 98.4 Å². The van der Waals surface area contributed by atoms with E-state index in [1.54, 1.807) is 0 Å². The molecule has 0 spiro atoms. The smallest absolute Gasteiger partial charge is 0.0323 e. The molecule has 2 unspecified atom stereocenters. The van der Waals surface area contributed by atoms with Crippen molar-refractivity contribution in [1.29, 1.82) is 0 Å². The van der Waals surface area contributed by atoms with Crippen molar-refractivity contribution in [2.45, 2.75) is 44.6 Å². The van der Waals surface area contributed by atoms with E-state index in [1.165, 1.54) is 30.4 Å². The quantitative estimate of drug-likeness (QED) is 0.763. The lowest BCUT2D eigenvalue weighted by Gasteiger charge is -2.24. The molecule has 0 aromatic heterocycles. The summed E-state index contributed by atoms with van der Waals surface area (Å²) in [6.07, 6.45) is 7.16. The normalized spacial score (nSPS) is 19.2. The van der Waals surface area contributed by atoms with Crippen LogP contribution in [0, 0.1) is 0 Å². The van der Waals surface area contributed by atoms with E-state index in [9.17, 15) is 0 Å². The summed E-state index contributed by atoms with van der Waals surface area (Å²) >= 11 is 0. The Balaban J connectivity index is 2.16. The topological polar surface area (TPSA) is 26.0 Å². The van der Waals surface area contributed by atoms with E-state index in [-0.39, 0.29) is 6.04 Å². The average molecular weight is 215 g/mol. The molecule has 1 nitrogen and oxygen atoms in total. The molecule has 2 rings (SSSR count). The molecule has 0 saturated carbocycles. The molecule has 1 aliphatic carbocycles. The van der Waals surface area contributed by atoms with Crippen molar-refractivity contribution in [3.8, 4) is 0 Å². The van der Waals surface area contributed by atoms with Gasteiger partial charge in [-0.2, -0.15) is 0 Å². The standard InChI is InChI=1S/C15H21N/c1-2-14(12-8-4-3-5-9-12)15(16)13-10-6-7-11-13/h3-5,8-10,14-15H,2,6-7,11,16H2,1H3. The van der Waals surface area contributed by atoms with Gasteiger partial charge in [0.05, 0.1) is 0 Å². The number of benzene rings is 1. The SMILES string of the molecule is CCC(c1ccccc1)C(N)C1=CCCC1. The summed E-state index contributed by atoms with van der Waals surface area (Å²) in [4.78, 5) is 0. The van der Waals surface area contributed by atoms with E-state index in [0.29, 0.717) is 5.92 Å². The maximum absolute atomic E-state index is 6.40. The van der Waals surface area contributed by atoms with Crippen LogP contribution >= 0.6 is 0 Å². The van der Waals surface area contributed by atoms with Gasteiger partial charge in [-0.1, -0.05) is 48.9 Å². The fraction of sp³-hybridized carbons (Fsp3) is 0.467. The van der Waals surface area contributed by atoms with Crippen molar-refractivity contribution >= 4 is 0 Å². The predicted molar refractivity (Wildman–Crippen MR) is 69.4 cm³/mol. The highest BCUT2D eigenvalue weighted by Gasteiger charge is 2.22. The molecule has 2 atom stereocenters. The highest BCUT2D eigenvalue weighted by molar-refractivity contribution is 5.27. The minimum absolute atomic E-state index is 0.217. The number of allylic oxidation sites excluding steroid dienone is 1. The zero-order valence-corrected chi connectivity index (χ0v) is 10.0. The van der Waals surface area contributed by atoms with Gasteiger partial charge in [0.2, 0.25) is 0 Å². The number of hydrogen-bond acceptors (Lipinski definition) is 1. The van der Waals surface area contributed by atoms with E-state index in [2.05, 4.69) is 43.3 Å². The van der Waals surface area contributed by atoms with Gasteiger partial charge in [0.15, 0.2) is 0 Å². The van der Waals surface area contributed by atoms with Crippen LogP contribution in [0.15, 0.2) is 42.0 Å². The molecule has 2 N–H and O–H groups in total. The largest absolute Gasteiger partial charge is 0.324 e. The lowest BCUT2D eigenvalue weighted by molar-refractivity contribution is 0.561. The third kappa shape index (κ3) is 2.35. The number of hydrogen-bond donors (Lipinski definition) is 1. The third-order valence-electron chi connectivity index (χ3n) is 3.61. The van der Waals surface area contributed by atoms with E-state index >= 15 is 0 Å². The van der Waals surface area contributed by atoms with Gasteiger partial charge in [-0.05, 0) is 31.2 Å². The molecule has 1 heteroatoms. The molecule has 86 valence electrons. The Bertz CT molecular complexity index is 353. The van der Waals surface area contributed by atoms with Crippen molar-refractivity contribution < 1.29 is 0 Å². The molecular weight excluding hydrogens is 194 g/mol. The van der Waals surface area contributed by atoms with E-state index < -0.39 is 0 Å². The first-order valence-corrected chi connectivity index (χ1v) is 6.32. The summed E-state index contributed by atoms with van der Waals surface area (Å²) < 4.78 is 0. The summed E-state index contributed by atoms with van der Waals surface area (Å²) in [6, 6.07) is 10.9. The molecule has 0 saturated heterocycles. The Morgan fingerprint density at radius 3 is 2.56 bits per heavy atom. The van der Waals surface area contributed by atoms with Gasteiger partial charge in [-0.3, -0.25) is 0 Å². The van der Waals surface area contributed by atoms with Gasteiger partial charge >= 0.3 is 0 Å². The maximum Gasteiger partial charge on any atom is 0.0323 e. The van der Waals surface area contributed by atoms with Crippen LogP contribution in [-0.4, -0.2) is 6.04 Å². The Morgan fingerprint density at radius 2 is 2.00 bits per heavy atom. The first kappa shape index (κ1) is 11.4. The van der Waals surface area contributed by atoms with E-state index in [1.807, 2.05) is 0 Å². The second-order valence-electron chi connectivity index (χ2n) is 4.62. The monoisotopic (exact) mass is 215 g/mol. The van der Waals surface area contributed by atoms with Crippen LogP contribution in [0.3, 0.4) is 0 Å². The minimum Gasteiger partial charge on any atom is -0.324 e. The van der Waals surface area contributed by atoms with Crippen LogP contribution in [0.4, 0.5) is 0 Å². The fourth-order valence-corrected chi connectivity index (χ4v) is 2.65. The molecule has 0 bridgehead atoms. The molecule has 0 fully saturated rings. The summed E-state index contributed by atoms with van der Waals surface area (Å²) in [5.41, 5.74) is 9.25. The molecule has 0 heterocycles. The highest BCUT2D eigenvalue weighted by Crippen LogP contribution is 2.30. The molecule has 16 heavy (non-hydrogen) atoms. The zero-order chi connectivity index (χ0) is 11.4. The van der Waals surface area contributed by atoms with E-state index in [0.717, 1.165) is 6.42 Å². The van der Waals surface area contributed by atoms with Crippen molar-refractivity contribution in [1.82, 2.24) is 0 Å². The summed E-state index contributed by atoms with van der Waals surface area (Å²) in [7, 11) is 0. The van der Waals surface area contributed by atoms with Crippen LogP contribution in [0.25, 0.3) is 0 Å². The predicted octanol–water partition coefficient (Wildman–Crippen LogP) is 3.62. The van der Waals surface area contributed by atoms with Crippen LogP contribution in [-0.2, 0) is 0 Å². The molecule has 0 amide bonds. The molecule has 1 aromatic rings. The second kappa shape index (κ2) is 5.31. The lowest BCUT2D eigenvalue weighted by atomic mass is 9.85. The summed E-state index contributed by atoms with van der Waals surface area (Å²) in [5, 5.41) is 0. The van der Waals surface area contributed by atoms with Crippen LogP contribution in [0.1, 0.15) is 44.1 Å². The van der Waals surface area contributed by atoms with Gasteiger partial charge in [-0.15, -0.1) is 0 Å². The molecule has 0 radical (unpaired) electrons. The van der Waals surface area contributed by atoms with Gasteiger partial charge in [0.25, 0.3) is 0 Å². The van der Waals surface area contributed by atoms with Gasteiger partial charge in [-0.25, -0.2) is 0 Å². The van der Waals surface area contributed by atoms with Crippen molar-refractivity contribution in [2.24, 2.45) is 5.73 Å². The maximum atomic E-state index is 6.40. The number of nitrogens with two attached hydrogens (primary N) is 1. The second-order valence-corrected chi connectivity index (χ2v) is 4.62. The average Bonchev–Trinajstić information content (AvgIpc) is 2.85. The zero-order valence-electron chi connectivity index (χ0n) is 10.0. The van der Waals surface area contributed by atoms with Gasteiger partial charge in [0.1, 0.15) is 0 Å². The lowest BCUT2D eigenvalue weighted by Crippen LogP contribution is -2.29. The van der Waals surface area contributed by atoms with Gasteiger partial charge < -0.3 is 5.73 Å². The molecule has 1 aromatic carbocycles. The van der Waals surface area contributed by atoms with E-state index in [4.69, 9.17) is 5.73 Å². The van der Waals surface area contributed by atoms with Gasteiger partial charge in [0, 0.05) is 12.0 Å². The highest BCUT2D eigenvalue weighted by atomic mass is 14.7. The summed E-state index contributed by atoms with van der Waals surface area (Å²) in [6.45, 7) is 2.23.